The van der Waals surface area contributed by atoms with Crippen LogP contribution in [-0.2, 0) is 17.1 Å². The Balaban J connectivity index is 1.43. The lowest BCUT2D eigenvalue weighted by Gasteiger charge is -2.11. The van der Waals surface area contributed by atoms with Crippen molar-refractivity contribution in [2.75, 3.05) is 22.2 Å². The third-order valence-electron chi connectivity index (χ3n) is 4.74. The van der Waals surface area contributed by atoms with Crippen LogP contribution in [-0.4, -0.2) is 27.7 Å². The van der Waals surface area contributed by atoms with Gasteiger partial charge in [0.15, 0.2) is 0 Å². The predicted molar refractivity (Wildman–Crippen MR) is 131 cm³/mol. The Labute approximate surface area is 190 Å². The van der Waals surface area contributed by atoms with Gasteiger partial charge in [-0.25, -0.2) is 9.78 Å². The Morgan fingerprint density at radius 3 is 2.28 bits per heavy atom. The molecule has 8 heteroatoms. The van der Waals surface area contributed by atoms with Gasteiger partial charge in [0.1, 0.15) is 12.4 Å². The molecule has 0 unspecified atom stereocenters. The topological polar surface area (TPSA) is 88.1 Å². The number of amides is 3. The Kier molecular flexibility index (Phi) is 6.72. The van der Waals surface area contributed by atoms with Gasteiger partial charge in [-0.1, -0.05) is 36.4 Å². The van der Waals surface area contributed by atoms with Crippen LogP contribution in [0.2, 0.25) is 0 Å². The Hall–Kier alpha value is -3.78. The monoisotopic (exact) mass is 445 g/mol. The van der Waals surface area contributed by atoms with Gasteiger partial charge >= 0.3 is 6.03 Å². The third kappa shape index (κ3) is 5.28. The molecule has 0 atom stereocenters. The number of imidazole rings is 1. The summed E-state index contributed by atoms with van der Waals surface area (Å²) < 4.78 is 1.94. The van der Waals surface area contributed by atoms with E-state index in [2.05, 4.69) is 20.9 Å². The van der Waals surface area contributed by atoms with Crippen molar-refractivity contribution in [1.29, 1.82) is 0 Å². The van der Waals surface area contributed by atoms with E-state index in [0.717, 1.165) is 22.6 Å². The quantitative estimate of drug-likeness (QED) is 0.366. The number of carbonyl (C=O) groups excluding carboxylic acids is 2. The van der Waals surface area contributed by atoms with E-state index in [4.69, 9.17) is 0 Å². The first-order valence-electron chi connectivity index (χ1n) is 10.1. The molecule has 0 aliphatic heterocycles. The smallest absolute Gasteiger partial charge is 0.323 e. The fourth-order valence-corrected chi connectivity index (χ4v) is 3.85. The number of carbonyl (C=O) groups is 2. The second kappa shape index (κ2) is 10.0. The van der Waals surface area contributed by atoms with Gasteiger partial charge < -0.3 is 20.5 Å². The van der Waals surface area contributed by atoms with E-state index >= 15 is 0 Å². The number of hydrogen-bond donors (Lipinski definition) is 3. The molecule has 0 saturated carbocycles. The molecule has 4 rings (SSSR count). The lowest BCUT2D eigenvalue weighted by atomic mass is 10.2. The molecule has 3 aromatic carbocycles. The summed E-state index contributed by atoms with van der Waals surface area (Å²) >= 11 is 1.66. The van der Waals surface area contributed by atoms with Crippen molar-refractivity contribution in [3.05, 3.63) is 84.7 Å². The number of aromatic nitrogens is 2. The van der Waals surface area contributed by atoms with Gasteiger partial charge in [-0.2, -0.15) is 11.8 Å². The van der Waals surface area contributed by atoms with Crippen molar-refractivity contribution in [2.45, 2.75) is 12.3 Å². The summed E-state index contributed by atoms with van der Waals surface area (Å²) in [6.07, 6.45) is 2.01. The van der Waals surface area contributed by atoms with Crippen molar-refractivity contribution >= 4 is 51.8 Å². The fraction of sp³-hybridized carbons (Fsp3) is 0.125. The van der Waals surface area contributed by atoms with E-state index < -0.39 is 0 Å². The molecule has 3 N–H and O–H groups in total. The Bertz CT molecular complexity index is 1240. The fourth-order valence-electron chi connectivity index (χ4n) is 3.37. The van der Waals surface area contributed by atoms with Crippen molar-refractivity contribution in [2.24, 2.45) is 0 Å². The molecule has 0 fully saturated rings. The highest BCUT2D eigenvalue weighted by Gasteiger charge is 2.13. The summed E-state index contributed by atoms with van der Waals surface area (Å²) in [4.78, 5) is 29.7. The van der Waals surface area contributed by atoms with Gasteiger partial charge in [-0.3, -0.25) is 4.79 Å². The van der Waals surface area contributed by atoms with Crippen LogP contribution < -0.4 is 16.0 Å². The summed E-state index contributed by atoms with van der Waals surface area (Å²) in [5, 5.41) is 8.46. The minimum absolute atomic E-state index is 0.155. The summed E-state index contributed by atoms with van der Waals surface area (Å²) in [7, 11) is 0. The number of hydrogen-bond acceptors (Lipinski definition) is 4. The number of urea groups is 1. The van der Waals surface area contributed by atoms with Crippen LogP contribution in [0.5, 0.6) is 0 Å². The van der Waals surface area contributed by atoms with Crippen LogP contribution in [0.3, 0.4) is 0 Å². The van der Waals surface area contributed by atoms with Gasteiger partial charge in [-0.05, 0) is 48.7 Å². The molecule has 32 heavy (non-hydrogen) atoms. The Morgan fingerprint density at radius 2 is 1.50 bits per heavy atom. The van der Waals surface area contributed by atoms with Crippen LogP contribution in [0.25, 0.3) is 11.0 Å². The maximum absolute atomic E-state index is 12.8. The number of rotatable bonds is 7. The SMILES string of the molecule is CSCc1nc2ccccc2n1CC(=O)Nc1cccc(NC(=O)Nc2ccccc2)c1. The lowest BCUT2D eigenvalue weighted by Crippen LogP contribution is -2.21. The van der Waals surface area contributed by atoms with Gasteiger partial charge in [0.2, 0.25) is 5.91 Å². The zero-order valence-corrected chi connectivity index (χ0v) is 18.4. The normalized spacial score (nSPS) is 10.7. The van der Waals surface area contributed by atoms with Crippen LogP contribution in [0.1, 0.15) is 5.82 Å². The van der Waals surface area contributed by atoms with Gasteiger partial charge in [-0.15, -0.1) is 0 Å². The number of thioether (sulfide) groups is 1. The first-order chi connectivity index (χ1) is 15.6. The summed E-state index contributed by atoms with van der Waals surface area (Å²) in [6.45, 7) is 0.155. The lowest BCUT2D eigenvalue weighted by molar-refractivity contribution is -0.116. The summed E-state index contributed by atoms with van der Waals surface area (Å²) in [6, 6.07) is 23.7. The number of nitrogens with one attached hydrogen (secondary N) is 3. The van der Waals surface area contributed by atoms with Gasteiger partial charge in [0.05, 0.1) is 16.8 Å². The predicted octanol–water partition coefficient (Wildman–Crippen LogP) is 5.18. The highest BCUT2D eigenvalue weighted by atomic mass is 32.2. The van der Waals surface area contributed by atoms with Crippen molar-refractivity contribution in [3.63, 3.8) is 0 Å². The van der Waals surface area contributed by atoms with E-state index in [0.29, 0.717) is 17.1 Å². The number of para-hydroxylation sites is 3. The third-order valence-corrected chi connectivity index (χ3v) is 5.29. The molecule has 0 spiro atoms. The molecular formula is C24H23N5O2S. The largest absolute Gasteiger partial charge is 0.324 e. The molecule has 0 bridgehead atoms. The van der Waals surface area contributed by atoms with E-state index in [1.165, 1.54) is 0 Å². The van der Waals surface area contributed by atoms with E-state index in [1.54, 1.807) is 48.2 Å². The van der Waals surface area contributed by atoms with Crippen LogP contribution in [0, 0.1) is 0 Å². The molecule has 3 amide bonds. The molecule has 4 aromatic rings. The minimum atomic E-state index is -0.355. The molecule has 162 valence electrons. The molecule has 0 aliphatic rings. The van der Waals surface area contributed by atoms with Crippen molar-refractivity contribution in [3.8, 4) is 0 Å². The van der Waals surface area contributed by atoms with Gasteiger partial charge in [0, 0.05) is 17.1 Å². The molecule has 1 heterocycles. The second-order valence-electron chi connectivity index (χ2n) is 7.11. The van der Waals surface area contributed by atoms with Crippen LogP contribution in [0.4, 0.5) is 21.9 Å². The molecule has 0 saturated heterocycles. The summed E-state index contributed by atoms with van der Waals surface area (Å²) in [5.41, 5.74) is 3.68. The molecule has 7 nitrogen and oxygen atoms in total. The summed E-state index contributed by atoms with van der Waals surface area (Å²) in [5.74, 6) is 1.42. The Morgan fingerprint density at radius 1 is 0.844 bits per heavy atom. The maximum atomic E-state index is 12.8. The number of benzene rings is 3. The van der Waals surface area contributed by atoms with Crippen LogP contribution in [0.15, 0.2) is 78.9 Å². The first-order valence-corrected chi connectivity index (χ1v) is 11.5. The zero-order chi connectivity index (χ0) is 22.3. The maximum Gasteiger partial charge on any atom is 0.323 e. The average Bonchev–Trinajstić information content (AvgIpc) is 3.12. The second-order valence-corrected chi connectivity index (χ2v) is 7.98. The minimum Gasteiger partial charge on any atom is -0.324 e. The van der Waals surface area contributed by atoms with E-state index in [-0.39, 0.29) is 18.5 Å². The molecule has 1 aromatic heterocycles. The first kappa shape index (κ1) is 21.5. The van der Waals surface area contributed by atoms with Crippen molar-refractivity contribution in [1.82, 2.24) is 9.55 Å². The number of anilines is 3. The van der Waals surface area contributed by atoms with E-state index in [1.807, 2.05) is 53.3 Å². The van der Waals surface area contributed by atoms with Crippen LogP contribution >= 0.6 is 11.8 Å². The average molecular weight is 446 g/mol. The van der Waals surface area contributed by atoms with Gasteiger partial charge in [0.25, 0.3) is 0 Å². The zero-order valence-electron chi connectivity index (χ0n) is 17.5. The highest BCUT2D eigenvalue weighted by molar-refractivity contribution is 7.97. The molecule has 0 aliphatic carbocycles. The number of fused-ring (bicyclic) bond motifs is 1. The number of nitrogens with zero attached hydrogens (tertiary/aromatic N) is 2. The highest BCUT2D eigenvalue weighted by Crippen LogP contribution is 2.20. The standard InChI is InChI=1S/C24H23N5O2S/c1-32-16-22-28-20-12-5-6-13-21(20)29(22)15-23(30)25-18-10-7-11-19(14-18)27-24(31)26-17-8-3-2-4-9-17/h2-14H,15-16H2,1H3,(H,25,30)(H2,26,27,31). The van der Waals surface area contributed by atoms with E-state index in [9.17, 15) is 9.59 Å². The molecular weight excluding hydrogens is 422 g/mol. The van der Waals surface area contributed by atoms with Crippen molar-refractivity contribution < 1.29 is 9.59 Å². The molecule has 0 radical (unpaired) electrons.